The minimum Gasteiger partial charge on any atom is -0.465 e. The molecule has 6 heteroatoms. The van der Waals surface area contributed by atoms with Gasteiger partial charge in [-0.25, -0.2) is 14.6 Å². The summed E-state index contributed by atoms with van der Waals surface area (Å²) in [6, 6.07) is 6.22. The first-order valence-corrected chi connectivity index (χ1v) is 6.30. The molecule has 0 N–H and O–H groups in total. The second-order valence-electron chi connectivity index (χ2n) is 3.93. The lowest BCUT2D eigenvalue weighted by atomic mass is 10.1. The molecule has 5 nitrogen and oxygen atoms in total. The normalized spacial score (nSPS) is 10.3. The number of methoxy groups -OCH3 is 1. The summed E-state index contributed by atoms with van der Waals surface area (Å²) in [7, 11) is 1.27. The van der Waals surface area contributed by atoms with E-state index in [9.17, 15) is 9.59 Å². The van der Waals surface area contributed by atoms with E-state index in [0.29, 0.717) is 15.9 Å². The Hall–Kier alpha value is -2.14. The van der Waals surface area contributed by atoms with Gasteiger partial charge in [0.25, 0.3) is 0 Å². The van der Waals surface area contributed by atoms with Crippen LogP contribution in [0.2, 0.25) is 5.02 Å². The van der Waals surface area contributed by atoms with Gasteiger partial charge in [-0.15, -0.1) is 0 Å². The van der Waals surface area contributed by atoms with Gasteiger partial charge in [0.2, 0.25) is 0 Å². The van der Waals surface area contributed by atoms with Crippen LogP contribution in [-0.4, -0.2) is 30.6 Å². The minimum absolute atomic E-state index is 0.0575. The number of benzene rings is 1. The molecule has 0 amide bonds. The summed E-state index contributed by atoms with van der Waals surface area (Å²) >= 11 is 5.92. The van der Waals surface area contributed by atoms with Crippen LogP contribution < -0.4 is 0 Å². The Balaban J connectivity index is 2.67. The molecular formula is C14H12ClNO4. The number of hydrogen-bond donors (Lipinski definition) is 0. The summed E-state index contributed by atoms with van der Waals surface area (Å²) in [5.41, 5.74) is 0.755. The Morgan fingerprint density at radius 1 is 1.25 bits per heavy atom. The van der Waals surface area contributed by atoms with Gasteiger partial charge in [0.15, 0.2) is 0 Å². The van der Waals surface area contributed by atoms with E-state index in [1.165, 1.54) is 13.2 Å². The lowest BCUT2D eigenvalue weighted by Crippen LogP contribution is -2.11. The number of hydrogen-bond acceptors (Lipinski definition) is 5. The third kappa shape index (κ3) is 2.72. The zero-order chi connectivity index (χ0) is 14.7. The van der Waals surface area contributed by atoms with Crippen molar-refractivity contribution in [1.29, 1.82) is 0 Å². The van der Waals surface area contributed by atoms with Gasteiger partial charge in [-0.3, -0.25) is 0 Å². The second-order valence-corrected chi connectivity index (χ2v) is 4.37. The molecule has 0 bridgehead atoms. The van der Waals surface area contributed by atoms with Crippen molar-refractivity contribution in [3.8, 4) is 0 Å². The van der Waals surface area contributed by atoms with Gasteiger partial charge in [-0.2, -0.15) is 0 Å². The highest BCUT2D eigenvalue weighted by Crippen LogP contribution is 2.23. The van der Waals surface area contributed by atoms with Crippen LogP contribution in [0.4, 0.5) is 0 Å². The van der Waals surface area contributed by atoms with Gasteiger partial charge < -0.3 is 9.47 Å². The summed E-state index contributed by atoms with van der Waals surface area (Å²) < 4.78 is 9.61. The number of nitrogens with zero attached hydrogens (tertiary/aromatic N) is 1. The molecule has 104 valence electrons. The van der Waals surface area contributed by atoms with Crippen molar-refractivity contribution in [2.45, 2.75) is 6.92 Å². The highest BCUT2D eigenvalue weighted by Gasteiger charge is 2.17. The van der Waals surface area contributed by atoms with Crippen molar-refractivity contribution in [3.63, 3.8) is 0 Å². The number of aromatic nitrogens is 1. The number of ether oxygens (including phenoxy) is 2. The maximum absolute atomic E-state index is 11.8. The number of halogens is 1. The van der Waals surface area contributed by atoms with E-state index in [0.717, 1.165) is 0 Å². The molecule has 1 aromatic carbocycles. The lowest BCUT2D eigenvalue weighted by Gasteiger charge is -2.08. The standard InChI is InChI=1S/C14H12ClNO4/c1-3-20-14(18)12-7-10(13(17)19-2)9-6-8(15)4-5-11(9)16-12/h4-7H,3H2,1-2H3. The van der Waals surface area contributed by atoms with E-state index in [1.807, 2.05) is 0 Å². The molecule has 1 aromatic heterocycles. The molecule has 0 aliphatic carbocycles. The van der Waals surface area contributed by atoms with Gasteiger partial charge in [-0.05, 0) is 31.2 Å². The average molecular weight is 294 g/mol. The SMILES string of the molecule is CCOC(=O)c1cc(C(=O)OC)c2cc(Cl)ccc2n1. The smallest absolute Gasteiger partial charge is 0.356 e. The molecule has 0 atom stereocenters. The molecule has 0 unspecified atom stereocenters. The molecule has 2 aromatic rings. The topological polar surface area (TPSA) is 65.5 Å². The molecular weight excluding hydrogens is 282 g/mol. The fourth-order valence-corrected chi connectivity index (χ4v) is 1.96. The minimum atomic E-state index is -0.588. The van der Waals surface area contributed by atoms with Crippen LogP contribution in [0.3, 0.4) is 0 Å². The fraction of sp³-hybridized carbons (Fsp3) is 0.214. The first-order valence-electron chi connectivity index (χ1n) is 5.92. The largest absolute Gasteiger partial charge is 0.465 e. The van der Waals surface area contributed by atoms with Crippen LogP contribution in [0.25, 0.3) is 10.9 Å². The molecule has 0 aliphatic heterocycles. The van der Waals surface area contributed by atoms with Gasteiger partial charge in [-0.1, -0.05) is 11.6 Å². The molecule has 20 heavy (non-hydrogen) atoms. The van der Waals surface area contributed by atoms with Crippen LogP contribution in [-0.2, 0) is 9.47 Å². The third-order valence-corrected chi connectivity index (χ3v) is 2.90. The van der Waals surface area contributed by atoms with Crippen molar-refractivity contribution in [1.82, 2.24) is 4.98 Å². The van der Waals surface area contributed by atoms with E-state index in [1.54, 1.807) is 25.1 Å². The molecule has 0 aliphatic rings. The predicted molar refractivity (Wildman–Crippen MR) is 74.0 cm³/mol. The van der Waals surface area contributed by atoms with Crippen LogP contribution in [0, 0.1) is 0 Å². The monoisotopic (exact) mass is 293 g/mol. The van der Waals surface area contributed by atoms with Crippen LogP contribution in [0.15, 0.2) is 24.3 Å². The van der Waals surface area contributed by atoms with Crippen molar-refractivity contribution in [2.75, 3.05) is 13.7 Å². The van der Waals surface area contributed by atoms with Crippen molar-refractivity contribution in [2.24, 2.45) is 0 Å². The molecule has 0 saturated carbocycles. The molecule has 0 saturated heterocycles. The number of esters is 2. The fourth-order valence-electron chi connectivity index (χ4n) is 1.79. The number of pyridine rings is 1. The molecule has 0 radical (unpaired) electrons. The average Bonchev–Trinajstić information content (AvgIpc) is 2.45. The summed E-state index contributed by atoms with van der Waals surface area (Å²) in [4.78, 5) is 27.8. The quantitative estimate of drug-likeness (QED) is 0.814. The highest BCUT2D eigenvalue weighted by atomic mass is 35.5. The Labute approximate surface area is 120 Å². The Kier molecular flexibility index (Phi) is 4.20. The predicted octanol–water partition coefficient (Wildman–Crippen LogP) is 2.85. The zero-order valence-corrected chi connectivity index (χ0v) is 11.7. The molecule has 0 fully saturated rings. The Morgan fingerprint density at radius 2 is 2.00 bits per heavy atom. The summed E-state index contributed by atoms with van der Waals surface area (Å²) in [6.45, 7) is 1.92. The van der Waals surface area contributed by atoms with Gasteiger partial charge in [0.1, 0.15) is 5.69 Å². The first kappa shape index (κ1) is 14.3. The van der Waals surface area contributed by atoms with Crippen LogP contribution >= 0.6 is 11.6 Å². The molecule has 1 heterocycles. The number of carbonyl (C=O) groups excluding carboxylic acids is 2. The zero-order valence-electron chi connectivity index (χ0n) is 11.0. The molecule has 2 rings (SSSR count). The van der Waals surface area contributed by atoms with Gasteiger partial charge >= 0.3 is 11.9 Å². The van der Waals surface area contributed by atoms with Gasteiger partial charge in [0, 0.05) is 10.4 Å². The van der Waals surface area contributed by atoms with E-state index in [2.05, 4.69) is 4.98 Å². The Bertz CT molecular complexity index is 684. The van der Waals surface area contributed by atoms with Crippen molar-refractivity contribution in [3.05, 3.63) is 40.5 Å². The van der Waals surface area contributed by atoms with Gasteiger partial charge in [0.05, 0.1) is 24.8 Å². The highest BCUT2D eigenvalue weighted by molar-refractivity contribution is 6.31. The third-order valence-electron chi connectivity index (χ3n) is 2.66. The molecule has 0 spiro atoms. The van der Waals surface area contributed by atoms with Crippen LogP contribution in [0.1, 0.15) is 27.8 Å². The lowest BCUT2D eigenvalue weighted by molar-refractivity contribution is 0.0520. The summed E-state index contributed by atoms with van der Waals surface area (Å²) in [5.74, 6) is -1.15. The van der Waals surface area contributed by atoms with Crippen molar-refractivity contribution < 1.29 is 19.1 Å². The second kappa shape index (κ2) is 5.88. The summed E-state index contributed by atoms with van der Waals surface area (Å²) in [6.07, 6.45) is 0. The maximum atomic E-state index is 11.8. The Morgan fingerprint density at radius 3 is 2.65 bits per heavy atom. The maximum Gasteiger partial charge on any atom is 0.356 e. The number of fused-ring (bicyclic) bond motifs is 1. The number of carbonyl (C=O) groups is 2. The van der Waals surface area contributed by atoms with E-state index in [-0.39, 0.29) is 17.9 Å². The van der Waals surface area contributed by atoms with E-state index in [4.69, 9.17) is 21.1 Å². The van der Waals surface area contributed by atoms with Crippen LogP contribution in [0.5, 0.6) is 0 Å². The summed E-state index contributed by atoms with van der Waals surface area (Å²) in [5, 5.41) is 0.991. The van der Waals surface area contributed by atoms with E-state index < -0.39 is 11.9 Å². The first-order chi connectivity index (χ1) is 9.56. The number of rotatable bonds is 3. The van der Waals surface area contributed by atoms with Crippen molar-refractivity contribution >= 4 is 34.4 Å². The van der Waals surface area contributed by atoms with E-state index >= 15 is 0 Å².